The van der Waals surface area contributed by atoms with E-state index < -0.39 is 0 Å². The van der Waals surface area contributed by atoms with E-state index >= 15 is 0 Å². The Morgan fingerprint density at radius 1 is 1.38 bits per heavy atom. The molecule has 84 valence electrons. The fourth-order valence-corrected chi connectivity index (χ4v) is 2.12. The van der Waals surface area contributed by atoms with Crippen molar-refractivity contribution in [3.05, 3.63) is 27.5 Å². The zero-order valence-corrected chi connectivity index (χ0v) is 9.88. The number of nitrogens with one attached hydrogen (secondary N) is 1. The molecular weight excluding hydrogens is 248 g/mol. The van der Waals surface area contributed by atoms with Crippen molar-refractivity contribution in [2.24, 2.45) is 0 Å². The van der Waals surface area contributed by atoms with E-state index in [-0.39, 0.29) is 5.56 Å². The Morgan fingerprint density at radius 3 is 2.94 bits per heavy atom. The Balaban J connectivity index is 2.18. The summed E-state index contributed by atoms with van der Waals surface area (Å²) in [5.74, 6) is 0.617. The number of aromatic amines is 1. The number of halogens is 1. The first kappa shape index (κ1) is 11.2. The highest BCUT2D eigenvalue weighted by atomic mass is 35.5. The first-order valence-electron chi connectivity index (χ1n) is 4.74. The van der Waals surface area contributed by atoms with Crippen molar-refractivity contribution >= 4 is 22.9 Å². The van der Waals surface area contributed by atoms with Gasteiger partial charge in [-0.05, 0) is 12.5 Å². The van der Waals surface area contributed by atoms with Crippen molar-refractivity contribution in [2.45, 2.75) is 12.8 Å². The number of alkyl halides is 1. The molecule has 0 aliphatic rings. The maximum atomic E-state index is 10.8. The van der Waals surface area contributed by atoms with Crippen molar-refractivity contribution in [1.82, 2.24) is 20.4 Å². The summed E-state index contributed by atoms with van der Waals surface area (Å²) < 4.78 is 0. The summed E-state index contributed by atoms with van der Waals surface area (Å²) in [6, 6.07) is 3.05. The van der Waals surface area contributed by atoms with Crippen LogP contribution in [0.2, 0.25) is 0 Å². The summed E-state index contributed by atoms with van der Waals surface area (Å²) in [4.78, 5) is 10.8. The molecule has 7 heteroatoms. The van der Waals surface area contributed by atoms with Gasteiger partial charge in [-0.25, -0.2) is 5.10 Å². The zero-order chi connectivity index (χ0) is 11.4. The van der Waals surface area contributed by atoms with Crippen LogP contribution in [0.25, 0.3) is 10.7 Å². The second kappa shape index (κ2) is 5.18. The lowest BCUT2D eigenvalue weighted by molar-refractivity contribution is 0.882. The van der Waals surface area contributed by atoms with Gasteiger partial charge in [0.05, 0.1) is 0 Å². The van der Waals surface area contributed by atoms with Gasteiger partial charge < -0.3 is 0 Å². The molecule has 5 nitrogen and oxygen atoms in total. The summed E-state index contributed by atoms with van der Waals surface area (Å²) in [5, 5.41) is 15.9. The maximum absolute atomic E-state index is 10.8. The molecule has 2 rings (SSSR count). The molecule has 2 heterocycles. The van der Waals surface area contributed by atoms with Gasteiger partial charge in [-0.1, -0.05) is 11.3 Å². The third kappa shape index (κ3) is 2.65. The molecule has 0 saturated carbocycles. The number of aryl methyl sites for hydroxylation is 1. The van der Waals surface area contributed by atoms with Gasteiger partial charge in [-0.15, -0.1) is 21.8 Å². The number of rotatable bonds is 4. The number of nitrogens with zero attached hydrogens (tertiary/aromatic N) is 3. The average Bonchev–Trinajstić information content (AvgIpc) is 2.76. The van der Waals surface area contributed by atoms with E-state index in [2.05, 4.69) is 20.4 Å². The maximum Gasteiger partial charge on any atom is 0.264 e. The van der Waals surface area contributed by atoms with E-state index in [1.54, 1.807) is 6.07 Å². The topological polar surface area (TPSA) is 71.5 Å². The van der Waals surface area contributed by atoms with E-state index in [0.29, 0.717) is 16.6 Å². The van der Waals surface area contributed by atoms with Crippen LogP contribution in [0.3, 0.4) is 0 Å². The van der Waals surface area contributed by atoms with Crippen LogP contribution in [0.15, 0.2) is 16.9 Å². The summed E-state index contributed by atoms with van der Waals surface area (Å²) >= 11 is 7.06. The van der Waals surface area contributed by atoms with Gasteiger partial charge in [0.15, 0.2) is 5.01 Å². The molecule has 0 saturated heterocycles. The minimum atomic E-state index is -0.226. The van der Waals surface area contributed by atoms with Gasteiger partial charge in [0, 0.05) is 18.4 Å². The van der Waals surface area contributed by atoms with Crippen molar-refractivity contribution < 1.29 is 0 Å². The van der Waals surface area contributed by atoms with E-state index in [1.807, 2.05) is 0 Å². The summed E-state index contributed by atoms with van der Waals surface area (Å²) in [7, 11) is 0. The fraction of sp³-hybridized carbons (Fsp3) is 0.333. The van der Waals surface area contributed by atoms with Crippen LogP contribution in [0.1, 0.15) is 11.4 Å². The Kier molecular flexibility index (Phi) is 3.63. The molecule has 0 aromatic carbocycles. The van der Waals surface area contributed by atoms with Gasteiger partial charge in [0.25, 0.3) is 5.56 Å². The number of hydrogen-bond donors (Lipinski definition) is 1. The van der Waals surface area contributed by atoms with E-state index in [1.165, 1.54) is 17.4 Å². The molecule has 0 spiro atoms. The molecule has 2 aromatic heterocycles. The average molecular weight is 257 g/mol. The summed E-state index contributed by atoms with van der Waals surface area (Å²) in [6.45, 7) is 0. The quantitative estimate of drug-likeness (QED) is 0.841. The van der Waals surface area contributed by atoms with Crippen molar-refractivity contribution in [3.8, 4) is 10.7 Å². The van der Waals surface area contributed by atoms with Crippen molar-refractivity contribution in [3.63, 3.8) is 0 Å². The van der Waals surface area contributed by atoms with Crippen LogP contribution in [0, 0.1) is 0 Å². The first-order chi connectivity index (χ1) is 7.79. The molecule has 1 N–H and O–H groups in total. The molecule has 0 unspecified atom stereocenters. The highest BCUT2D eigenvalue weighted by Crippen LogP contribution is 2.20. The highest BCUT2D eigenvalue weighted by Gasteiger charge is 2.07. The van der Waals surface area contributed by atoms with Gasteiger partial charge in [-0.3, -0.25) is 4.79 Å². The lowest BCUT2D eigenvalue weighted by Crippen LogP contribution is -2.05. The van der Waals surface area contributed by atoms with E-state index in [4.69, 9.17) is 11.6 Å². The monoisotopic (exact) mass is 256 g/mol. The SMILES string of the molecule is O=c1ccc(-c2nnc(CCCCl)s2)n[nH]1. The number of hydrogen-bond acceptors (Lipinski definition) is 5. The molecule has 0 aliphatic carbocycles. The number of H-pyrrole nitrogens is 1. The van der Waals surface area contributed by atoms with Crippen LogP contribution < -0.4 is 5.56 Å². The molecule has 16 heavy (non-hydrogen) atoms. The summed E-state index contributed by atoms with van der Waals surface area (Å²) in [6.07, 6.45) is 1.71. The fourth-order valence-electron chi connectivity index (χ4n) is 1.14. The van der Waals surface area contributed by atoms with Gasteiger partial charge >= 0.3 is 0 Å². The van der Waals surface area contributed by atoms with Crippen molar-refractivity contribution in [1.29, 1.82) is 0 Å². The van der Waals surface area contributed by atoms with Crippen LogP contribution >= 0.6 is 22.9 Å². The minimum absolute atomic E-state index is 0.226. The lowest BCUT2D eigenvalue weighted by Gasteiger charge is -1.90. The van der Waals surface area contributed by atoms with Gasteiger partial charge in [-0.2, -0.15) is 5.10 Å². The highest BCUT2D eigenvalue weighted by molar-refractivity contribution is 7.14. The molecule has 0 aliphatic heterocycles. The Morgan fingerprint density at radius 2 is 2.25 bits per heavy atom. The van der Waals surface area contributed by atoms with Crippen LogP contribution in [0.4, 0.5) is 0 Å². The largest absolute Gasteiger partial charge is 0.268 e. The Bertz CT molecular complexity index is 504. The first-order valence-corrected chi connectivity index (χ1v) is 6.09. The lowest BCUT2D eigenvalue weighted by atomic mass is 10.4. The Labute approximate surface area is 101 Å². The molecule has 0 radical (unpaired) electrons. The molecule has 0 fully saturated rings. The van der Waals surface area contributed by atoms with Gasteiger partial charge in [0.2, 0.25) is 0 Å². The number of aromatic nitrogens is 4. The molecule has 2 aromatic rings. The smallest absolute Gasteiger partial charge is 0.264 e. The van der Waals surface area contributed by atoms with Crippen LogP contribution in [0.5, 0.6) is 0 Å². The van der Waals surface area contributed by atoms with Crippen molar-refractivity contribution in [2.75, 3.05) is 5.88 Å². The molecule has 0 amide bonds. The Hall–Kier alpha value is -1.27. The molecule has 0 atom stereocenters. The predicted molar refractivity (Wildman–Crippen MR) is 62.8 cm³/mol. The standard InChI is InChI=1S/C9H9ClN4OS/c10-5-1-2-8-13-14-9(16-8)6-3-4-7(15)12-11-6/h3-4H,1-2,5H2,(H,12,15). The second-order valence-corrected chi connectivity index (χ2v) is 4.54. The second-order valence-electron chi connectivity index (χ2n) is 3.10. The third-order valence-corrected chi connectivity index (χ3v) is 3.16. The predicted octanol–water partition coefficient (Wildman–Crippen LogP) is 1.46. The van der Waals surface area contributed by atoms with E-state index in [0.717, 1.165) is 17.8 Å². The molecular formula is C9H9ClN4OS. The van der Waals surface area contributed by atoms with Gasteiger partial charge in [0.1, 0.15) is 10.7 Å². The minimum Gasteiger partial charge on any atom is -0.268 e. The molecule has 0 bridgehead atoms. The van der Waals surface area contributed by atoms with Crippen LogP contribution in [-0.4, -0.2) is 26.3 Å². The van der Waals surface area contributed by atoms with Crippen LogP contribution in [-0.2, 0) is 6.42 Å². The summed E-state index contributed by atoms with van der Waals surface area (Å²) in [5.41, 5.74) is 0.407. The van der Waals surface area contributed by atoms with E-state index in [9.17, 15) is 4.79 Å². The zero-order valence-electron chi connectivity index (χ0n) is 8.31. The third-order valence-electron chi connectivity index (χ3n) is 1.89. The normalized spacial score (nSPS) is 10.6.